The fourth-order valence-electron chi connectivity index (χ4n) is 1.25. The number of amides is 1. The molecule has 5 heteroatoms. The molecule has 0 aromatic heterocycles. The summed E-state index contributed by atoms with van der Waals surface area (Å²) in [6.45, 7) is 9.00. The molecular formula is C14H10CoNO3-. The SMILES string of the molecule is O=C(Nc1ccccc1)[c-]1cccc1.[C-]#[O+].[C-]#[O+].[Co]. The molecule has 2 aromatic carbocycles. The van der Waals surface area contributed by atoms with Gasteiger partial charge in [-0.2, -0.15) is 12.1 Å². The largest absolute Gasteiger partial charge is 0 e. The number of benzene rings is 1. The van der Waals surface area contributed by atoms with E-state index in [1.54, 1.807) is 12.1 Å². The van der Waals surface area contributed by atoms with Gasteiger partial charge >= 0.3 is 22.6 Å². The van der Waals surface area contributed by atoms with Gasteiger partial charge in [-0.15, -0.1) is 0 Å². The monoisotopic (exact) mass is 299 g/mol. The van der Waals surface area contributed by atoms with E-state index in [9.17, 15) is 4.79 Å². The van der Waals surface area contributed by atoms with Gasteiger partial charge in [0.05, 0.1) is 0 Å². The van der Waals surface area contributed by atoms with Gasteiger partial charge < -0.3 is 5.32 Å². The Morgan fingerprint density at radius 2 is 1.42 bits per heavy atom. The molecule has 0 aliphatic rings. The van der Waals surface area contributed by atoms with E-state index in [0.717, 1.165) is 5.69 Å². The molecular weight excluding hydrogens is 289 g/mol. The van der Waals surface area contributed by atoms with Crippen molar-refractivity contribution in [3.63, 3.8) is 0 Å². The third-order valence-electron chi connectivity index (χ3n) is 1.96. The zero-order valence-electron chi connectivity index (χ0n) is 9.75. The molecule has 1 N–H and O–H groups in total. The molecule has 0 aliphatic heterocycles. The minimum Gasteiger partial charge on any atom is 0 e. The summed E-state index contributed by atoms with van der Waals surface area (Å²) in [4.78, 5) is 11.6. The Balaban J connectivity index is 0. The first-order chi connectivity index (χ1) is 8.86. The van der Waals surface area contributed by atoms with Crippen molar-refractivity contribution in [3.8, 4) is 0 Å². The molecule has 99 valence electrons. The van der Waals surface area contributed by atoms with Gasteiger partial charge in [-0.05, 0) is 12.1 Å². The third-order valence-corrected chi connectivity index (χ3v) is 1.96. The van der Waals surface area contributed by atoms with E-state index < -0.39 is 0 Å². The summed E-state index contributed by atoms with van der Waals surface area (Å²) >= 11 is 0. The second-order valence-electron chi connectivity index (χ2n) is 2.99. The Morgan fingerprint density at radius 1 is 0.947 bits per heavy atom. The predicted molar refractivity (Wildman–Crippen MR) is 64.3 cm³/mol. The Hall–Kier alpha value is -1.97. The summed E-state index contributed by atoms with van der Waals surface area (Å²) in [6, 6.07) is 16.7. The Morgan fingerprint density at radius 3 is 1.89 bits per heavy atom. The number of anilines is 1. The minimum absolute atomic E-state index is 0. The fraction of sp³-hybridized carbons (Fsp3) is 0. The van der Waals surface area contributed by atoms with Crippen LogP contribution in [0.3, 0.4) is 0 Å². The van der Waals surface area contributed by atoms with Crippen LogP contribution < -0.4 is 5.32 Å². The van der Waals surface area contributed by atoms with Crippen molar-refractivity contribution in [2.75, 3.05) is 5.32 Å². The molecule has 0 atom stereocenters. The van der Waals surface area contributed by atoms with Gasteiger partial charge in [-0.25, -0.2) is 12.1 Å². The average Bonchev–Trinajstić information content (AvgIpc) is 2.99. The van der Waals surface area contributed by atoms with Gasteiger partial charge in [0.2, 0.25) is 0 Å². The van der Waals surface area contributed by atoms with Crippen LogP contribution in [0.2, 0.25) is 0 Å². The quantitative estimate of drug-likeness (QED) is 0.672. The van der Waals surface area contributed by atoms with Crippen LogP contribution in [-0.2, 0) is 26.1 Å². The second-order valence-corrected chi connectivity index (χ2v) is 2.99. The number of hydrogen-bond acceptors (Lipinski definition) is 1. The van der Waals surface area contributed by atoms with E-state index in [1.165, 1.54) is 0 Å². The molecule has 0 saturated carbocycles. The van der Waals surface area contributed by atoms with Gasteiger partial charge in [0, 0.05) is 22.5 Å². The van der Waals surface area contributed by atoms with Crippen molar-refractivity contribution in [1.82, 2.24) is 0 Å². The minimum atomic E-state index is -0.0683. The molecule has 0 unspecified atom stereocenters. The van der Waals surface area contributed by atoms with E-state index in [2.05, 4.69) is 18.6 Å². The smallest absolute Gasteiger partial charge is 0 e. The van der Waals surface area contributed by atoms with Crippen molar-refractivity contribution in [2.45, 2.75) is 0 Å². The van der Waals surface area contributed by atoms with Crippen LogP contribution in [0.1, 0.15) is 10.4 Å². The van der Waals surface area contributed by atoms with Crippen molar-refractivity contribution in [1.29, 1.82) is 0 Å². The van der Waals surface area contributed by atoms with E-state index in [0.29, 0.717) is 5.56 Å². The maximum atomic E-state index is 11.6. The first-order valence-electron chi connectivity index (χ1n) is 4.85. The maximum absolute atomic E-state index is 11.6. The first kappa shape index (κ1) is 19.4. The standard InChI is InChI=1S/C12H10NO.2CO.Co/c14-12(10-6-4-5-7-10)13-11-8-2-1-3-9-11;2*1-2;/h1-9H,(H,13,14);;;/q-1;;;. The summed E-state index contributed by atoms with van der Waals surface area (Å²) in [5, 5.41) is 2.81. The van der Waals surface area contributed by atoms with Crippen molar-refractivity contribution >= 4 is 11.6 Å². The van der Waals surface area contributed by atoms with Crippen LogP contribution in [0.25, 0.3) is 0 Å². The van der Waals surface area contributed by atoms with Gasteiger partial charge in [-0.1, -0.05) is 23.8 Å². The Kier molecular flexibility index (Phi) is 12.7. The summed E-state index contributed by atoms with van der Waals surface area (Å²) < 4.78 is 15.0. The average molecular weight is 299 g/mol. The predicted octanol–water partition coefficient (Wildman–Crippen LogP) is 2.58. The molecule has 0 heterocycles. The van der Waals surface area contributed by atoms with Crippen molar-refractivity contribution in [2.24, 2.45) is 0 Å². The molecule has 4 nitrogen and oxygen atoms in total. The summed E-state index contributed by atoms with van der Waals surface area (Å²) in [6.07, 6.45) is 0. The molecule has 2 aromatic rings. The first-order valence-corrected chi connectivity index (χ1v) is 4.85. The topological polar surface area (TPSA) is 68.9 Å². The van der Waals surface area contributed by atoms with Gasteiger partial charge in [-0.3, -0.25) is 4.79 Å². The van der Waals surface area contributed by atoms with Crippen LogP contribution in [-0.4, -0.2) is 5.91 Å². The Bertz CT molecular complexity index is 483. The van der Waals surface area contributed by atoms with Crippen molar-refractivity contribution in [3.05, 3.63) is 73.5 Å². The van der Waals surface area contributed by atoms with Crippen LogP contribution in [0.4, 0.5) is 5.69 Å². The Labute approximate surface area is 121 Å². The van der Waals surface area contributed by atoms with Gasteiger partial charge in [0.15, 0.2) is 5.91 Å². The normalized spacial score (nSPS) is 7.37. The van der Waals surface area contributed by atoms with Gasteiger partial charge in [0.1, 0.15) is 0 Å². The fourth-order valence-corrected chi connectivity index (χ4v) is 1.25. The molecule has 0 bridgehead atoms. The molecule has 1 radical (unpaired) electrons. The molecule has 2 rings (SSSR count). The summed E-state index contributed by atoms with van der Waals surface area (Å²) in [7, 11) is 0. The molecule has 1 amide bonds. The van der Waals surface area contributed by atoms with E-state index in [4.69, 9.17) is 9.30 Å². The number of carbonyl (C=O) groups is 1. The number of hydrogen-bond donors (Lipinski definition) is 1. The van der Waals surface area contributed by atoms with E-state index >= 15 is 0 Å². The molecule has 0 aliphatic carbocycles. The number of para-hydroxylation sites is 1. The molecule has 0 saturated heterocycles. The summed E-state index contributed by atoms with van der Waals surface area (Å²) in [5.41, 5.74) is 1.51. The molecule has 0 spiro atoms. The summed E-state index contributed by atoms with van der Waals surface area (Å²) in [5.74, 6) is -0.0683. The van der Waals surface area contributed by atoms with Crippen LogP contribution >= 0.6 is 0 Å². The maximum Gasteiger partial charge on any atom is 0 e. The second kappa shape index (κ2) is 12.5. The zero-order chi connectivity index (χ0) is 13.8. The van der Waals surface area contributed by atoms with Gasteiger partial charge in [0.25, 0.3) is 0 Å². The number of carbonyl (C=O) groups excluding carboxylic acids is 1. The van der Waals surface area contributed by atoms with Crippen LogP contribution in [0.5, 0.6) is 0 Å². The van der Waals surface area contributed by atoms with Crippen molar-refractivity contribution < 1.29 is 30.9 Å². The number of nitrogens with one attached hydrogen (secondary N) is 1. The van der Waals surface area contributed by atoms with E-state index in [1.807, 2.05) is 42.5 Å². The zero-order valence-corrected chi connectivity index (χ0v) is 10.8. The third kappa shape index (κ3) is 7.13. The van der Waals surface area contributed by atoms with Crippen LogP contribution in [0.15, 0.2) is 54.6 Å². The molecule has 19 heavy (non-hydrogen) atoms. The molecule has 0 fully saturated rings. The number of rotatable bonds is 2. The van der Waals surface area contributed by atoms with Crippen LogP contribution in [0, 0.1) is 13.3 Å². The van der Waals surface area contributed by atoms with E-state index in [-0.39, 0.29) is 22.7 Å².